The van der Waals surface area contributed by atoms with Crippen molar-refractivity contribution in [3.05, 3.63) is 12.1 Å². The van der Waals surface area contributed by atoms with Crippen LogP contribution in [0.25, 0.3) is 0 Å². The van der Waals surface area contributed by atoms with E-state index in [9.17, 15) is 4.79 Å². The number of carbonyl (C=O) groups excluding carboxylic acids is 1. The fourth-order valence-corrected chi connectivity index (χ4v) is 2.02. The molecule has 0 spiro atoms. The van der Waals surface area contributed by atoms with Crippen molar-refractivity contribution in [2.45, 2.75) is 26.2 Å². The number of hydrogen-bond acceptors (Lipinski definition) is 5. The van der Waals surface area contributed by atoms with Gasteiger partial charge in [-0.05, 0) is 13.3 Å². The Hall–Kier alpha value is -1.95. The Morgan fingerprint density at radius 2 is 2.05 bits per heavy atom. The maximum atomic E-state index is 11.9. The van der Waals surface area contributed by atoms with Crippen molar-refractivity contribution in [2.24, 2.45) is 0 Å². The van der Waals surface area contributed by atoms with Crippen LogP contribution in [0.4, 0.5) is 11.4 Å². The molecular formula is C15H22N2O4. The van der Waals surface area contributed by atoms with Crippen LogP contribution in [0, 0.1) is 0 Å². The second kappa shape index (κ2) is 7.73. The summed E-state index contributed by atoms with van der Waals surface area (Å²) in [6.07, 6.45) is 1.91. The molecular weight excluding hydrogens is 272 g/mol. The molecule has 0 unspecified atom stereocenters. The first-order valence-corrected chi connectivity index (χ1v) is 7.27. The summed E-state index contributed by atoms with van der Waals surface area (Å²) in [7, 11) is 0. The van der Waals surface area contributed by atoms with Crippen LogP contribution < -0.4 is 20.5 Å². The minimum Gasteiger partial charge on any atom is -0.489 e. The Morgan fingerprint density at radius 3 is 2.76 bits per heavy atom. The predicted molar refractivity (Wildman–Crippen MR) is 80.8 cm³/mol. The maximum absolute atomic E-state index is 11.9. The monoisotopic (exact) mass is 294 g/mol. The average Bonchev–Trinajstić information content (AvgIpc) is 2.69. The van der Waals surface area contributed by atoms with Crippen molar-refractivity contribution < 1.29 is 19.0 Å². The molecule has 21 heavy (non-hydrogen) atoms. The van der Waals surface area contributed by atoms with Crippen molar-refractivity contribution in [1.29, 1.82) is 0 Å². The highest BCUT2D eigenvalue weighted by molar-refractivity contribution is 5.94. The number of hydrogen-bond donors (Lipinski definition) is 2. The number of benzene rings is 1. The van der Waals surface area contributed by atoms with E-state index in [1.165, 1.54) is 0 Å². The molecule has 6 nitrogen and oxygen atoms in total. The molecule has 6 heteroatoms. The predicted octanol–water partition coefficient (Wildman–Crippen LogP) is 2.19. The molecule has 0 aromatic heterocycles. The Bertz CT molecular complexity index is 491. The number of amides is 1. The van der Waals surface area contributed by atoms with Gasteiger partial charge in [-0.1, -0.05) is 0 Å². The van der Waals surface area contributed by atoms with Gasteiger partial charge >= 0.3 is 0 Å². The number of ether oxygens (including phenoxy) is 3. The van der Waals surface area contributed by atoms with Gasteiger partial charge in [-0.15, -0.1) is 0 Å². The van der Waals surface area contributed by atoms with Crippen LogP contribution in [0.2, 0.25) is 0 Å². The molecule has 0 saturated carbocycles. The molecule has 0 bridgehead atoms. The standard InChI is InChI=1S/C15H22N2O4/c1-2-19-6-3-5-15(18)17-12-10-14-13(9-11(12)16)20-7-4-8-21-14/h9-10H,2-8,16H2,1H3,(H,17,18). The third-order valence-corrected chi connectivity index (χ3v) is 3.09. The van der Waals surface area contributed by atoms with Crippen molar-refractivity contribution in [2.75, 3.05) is 37.5 Å². The third-order valence-electron chi connectivity index (χ3n) is 3.09. The highest BCUT2D eigenvalue weighted by Crippen LogP contribution is 2.36. The van der Waals surface area contributed by atoms with E-state index in [4.69, 9.17) is 19.9 Å². The lowest BCUT2D eigenvalue weighted by molar-refractivity contribution is -0.116. The summed E-state index contributed by atoms with van der Waals surface area (Å²) in [5.74, 6) is 1.15. The molecule has 1 heterocycles. The van der Waals surface area contributed by atoms with E-state index in [1.807, 2.05) is 6.92 Å². The lowest BCUT2D eigenvalue weighted by Crippen LogP contribution is -2.13. The smallest absolute Gasteiger partial charge is 0.224 e. The van der Waals surface area contributed by atoms with Crippen molar-refractivity contribution in [3.8, 4) is 11.5 Å². The topological polar surface area (TPSA) is 82.8 Å². The summed E-state index contributed by atoms with van der Waals surface area (Å²) < 4.78 is 16.3. The molecule has 1 amide bonds. The van der Waals surface area contributed by atoms with Crippen molar-refractivity contribution in [1.82, 2.24) is 0 Å². The summed E-state index contributed by atoms with van der Waals surface area (Å²) in [6, 6.07) is 3.41. The van der Waals surface area contributed by atoms with Gasteiger partial charge < -0.3 is 25.3 Å². The van der Waals surface area contributed by atoms with E-state index in [1.54, 1.807) is 12.1 Å². The van der Waals surface area contributed by atoms with Crippen LogP contribution in [0.5, 0.6) is 11.5 Å². The van der Waals surface area contributed by atoms with Gasteiger partial charge in [-0.2, -0.15) is 0 Å². The van der Waals surface area contributed by atoms with Gasteiger partial charge in [0, 0.05) is 38.2 Å². The summed E-state index contributed by atoms with van der Waals surface area (Å²) in [4.78, 5) is 11.9. The molecule has 0 aliphatic carbocycles. The van der Waals surface area contributed by atoms with Gasteiger partial charge in [0.25, 0.3) is 0 Å². The fraction of sp³-hybridized carbons (Fsp3) is 0.533. The zero-order chi connectivity index (χ0) is 15.1. The van der Waals surface area contributed by atoms with Gasteiger partial charge in [0.2, 0.25) is 5.91 Å². The molecule has 0 fully saturated rings. The minimum atomic E-state index is -0.0871. The highest BCUT2D eigenvalue weighted by atomic mass is 16.5. The van der Waals surface area contributed by atoms with E-state index in [0.29, 0.717) is 62.1 Å². The van der Waals surface area contributed by atoms with Crippen LogP contribution in [-0.4, -0.2) is 32.3 Å². The average molecular weight is 294 g/mol. The van der Waals surface area contributed by atoms with Crippen molar-refractivity contribution in [3.63, 3.8) is 0 Å². The number of nitrogens with two attached hydrogens (primary N) is 1. The van der Waals surface area contributed by atoms with Gasteiger partial charge in [0.05, 0.1) is 24.6 Å². The van der Waals surface area contributed by atoms with Crippen LogP contribution in [0.3, 0.4) is 0 Å². The number of anilines is 2. The summed E-state index contributed by atoms with van der Waals surface area (Å²) in [5.41, 5.74) is 6.97. The molecule has 1 aliphatic rings. The molecule has 1 aliphatic heterocycles. The van der Waals surface area contributed by atoms with E-state index in [0.717, 1.165) is 6.42 Å². The Balaban J connectivity index is 1.96. The second-order valence-electron chi connectivity index (χ2n) is 4.79. The molecule has 1 aromatic carbocycles. The van der Waals surface area contributed by atoms with E-state index >= 15 is 0 Å². The second-order valence-corrected chi connectivity index (χ2v) is 4.79. The highest BCUT2D eigenvalue weighted by Gasteiger charge is 2.15. The van der Waals surface area contributed by atoms with E-state index in [2.05, 4.69) is 5.32 Å². The lowest BCUT2D eigenvalue weighted by atomic mass is 10.2. The zero-order valence-electron chi connectivity index (χ0n) is 12.3. The van der Waals surface area contributed by atoms with Gasteiger partial charge in [-0.25, -0.2) is 0 Å². The number of nitrogens with one attached hydrogen (secondary N) is 1. The van der Waals surface area contributed by atoms with Gasteiger partial charge in [-0.3, -0.25) is 4.79 Å². The van der Waals surface area contributed by atoms with Crippen molar-refractivity contribution >= 4 is 17.3 Å². The first kappa shape index (κ1) is 15.4. The SMILES string of the molecule is CCOCCCC(=O)Nc1cc2c(cc1N)OCCCO2. The normalized spacial score (nSPS) is 13.6. The van der Waals surface area contributed by atoms with Crippen LogP contribution in [0.1, 0.15) is 26.2 Å². The molecule has 3 N–H and O–H groups in total. The number of carbonyl (C=O) groups is 1. The largest absolute Gasteiger partial charge is 0.489 e. The number of nitrogen functional groups attached to an aromatic ring is 1. The number of rotatable bonds is 6. The fourth-order valence-electron chi connectivity index (χ4n) is 2.02. The van der Waals surface area contributed by atoms with Gasteiger partial charge in [0.1, 0.15) is 0 Å². The van der Waals surface area contributed by atoms with E-state index in [-0.39, 0.29) is 5.91 Å². The first-order valence-electron chi connectivity index (χ1n) is 7.27. The molecule has 0 saturated heterocycles. The Labute approximate surface area is 124 Å². The maximum Gasteiger partial charge on any atom is 0.224 e. The quantitative estimate of drug-likeness (QED) is 0.620. The summed E-state index contributed by atoms with van der Waals surface area (Å²) >= 11 is 0. The summed E-state index contributed by atoms with van der Waals surface area (Å²) in [6.45, 7) is 4.38. The Morgan fingerprint density at radius 1 is 1.33 bits per heavy atom. The summed E-state index contributed by atoms with van der Waals surface area (Å²) in [5, 5.41) is 2.80. The lowest BCUT2D eigenvalue weighted by Gasteiger charge is -2.13. The van der Waals surface area contributed by atoms with Crippen LogP contribution in [-0.2, 0) is 9.53 Å². The zero-order valence-corrected chi connectivity index (χ0v) is 12.3. The molecule has 2 rings (SSSR count). The van der Waals surface area contributed by atoms with Gasteiger partial charge in [0.15, 0.2) is 11.5 Å². The molecule has 116 valence electrons. The first-order chi connectivity index (χ1) is 10.2. The molecule has 1 aromatic rings. The minimum absolute atomic E-state index is 0.0871. The molecule has 0 radical (unpaired) electrons. The van der Waals surface area contributed by atoms with Crippen LogP contribution in [0.15, 0.2) is 12.1 Å². The van der Waals surface area contributed by atoms with Crippen LogP contribution >= 0.6 is 0 Å². The number of fused-ring (bicyclic) bond motifs is 1. The van der Waals surface area contributed by atoms with E-state index < -0.39 is 0 Å². The molecule has 0 atom stereocenters. The Kier molecular flexibility index (Phi) is 5.68. The third kappa shape index (κ3) is 4.53.